The highest BCUT2D eigenvalue weighted by molar-refractivity contribution is 6.05. The van der Waals surface area contributed by atoms with Gasteiger partial charge in [0.25, 0.3) is 5.91 Å². The predicted molar refractivity (Wildman–Crippen MR) is 69.5 cm³/mol. The van der Waals surface area contributed by atoms with Crippen LogP contribution in [0.4, 0.5) is 13.2 Å². The standard InChI is InChI=1S/C14H14F3NO4/c1-21-13(20)11-5-3-2-4-10(11)12(19)18-6-9(7-18)22-8-14(15,16)17/h2-5,9H,6-8H2,1H3. The summed E-state index contributed by atoms with van der Waals surface area (Å²) in [4.78, 5) is 25.2. The summed E-state index contributed by atoms with van der Waals surface area (Å²) in [7, 11) is 1.20. The summed E-state index contributed by atoms with van der Waals surface area (Å²) < 4.78 is 45.3. The molecule has 0 bridgehead atoms. The minimum Gasteiger partial charge on any atom is -0.465 e. The molecule has 1 aromatic rings. The number of carbonyl (C=O) groups is 2. The third-order valence-electron chi connectivity index (χ3n) is 3.18. The SMILES string of the molecule is COC(=O)c1ccccc1C(=O)N1CC(OCC(F)(F)F)C1. The smallest absolute Gasteiger partial charge is 0.411 e. The largest absolute Gasteiger partial charge is 0.465 e. The number of likely N-dealkylation sites (tertiary alicyclic amines) is 1. The predicted octanol–water partition coefficient (Wildman–Crippen LogP) is 1.88. The van der Waals surface area contributed by atoms with Gasteiger partial charge in [-0.1, -0.05) is 12.1 Å². The van der Waals surface area contributed by atoms with Crippen LogP contribution in [0.5, 0.6) is 0 Å². The normalized spacial score (nSPS) is 15.4. The number of halogens is 3. The Morgan fingerprint density at radius 2 is 1.82 bits per heavy atom. The van der Waals surface area contributed by atoms with E-state index < -0.39 is 30.8 Å². The van der Waals surface area contributed by atoms with Gasteiger partial charge in [0.2, 0.25) is 0 Å². The molecule has 0 saturated carbocycles. The van der Waals surface area contributed by atoms with E-state index >= 15 is 0 Å². The molecule has 1 amide bonds. The molecular formula is C14H14F3NO4. The number of alkyl halides is 3. The number of hydrogen-bond acceptors (Lipinski definition) is 4. The molecule has 1 fully saturated rings. The summed E-state index contributed by atoms with van der Waals surface area (Å²) in [5.41, 5.74) is 0.276. The molecule has 5 nitrogen and oxygen atoms in total. The summed E-state index contributed by atoms with van der Waals surface area (Å²) in [6.45, 7) is -1.21. The lowest BCUT2D eigenvalue weighted by molar-refractivity contribution is -0.196. The van der Waals surface area contributed by atoms with Gasteiger partial charge in [-0.2, -0.15) is 13.2 Å². The van der Waals surface area contributed by atoms with Gasteiger partial charge in [-0.3, -0.25) is 4.79 Å². The van der Waals surface area contributed by atoms with E-state index in [1.54, 1.807) is 12.1 Å². The number of ether oxygens (including phenoxy) is 2. The monoisotopic (exact) mass is 317 g/mol. The third-order valence-corrected chi connectivity index (χ3v) is 3.18. The van der Waals surface area contributed by atoms with Crippen molar-refractivity contribution >= 4 is 11.9 Å². The van der Waals surface area contributed by atoms with Crippen LogP contribution in [0.2, 0.25) is 0 Å². The number of hydrogen-bond donors (Lipinski definition) is 0. The van der Waals surface area contributed by atoms with Crippen LogP contribution in [-0.4, -0.2) is 55.9 Å². The molecule has 120 valence electrons. The van der Waals surface area contributed by atoms with Crippen LogP contribution in [0, 0.1) is 0 Å². The van der Waals surface area contributed by atoms with Crippen molar-refractivity contribution in [3.05, 3.63) is 35.4 Å². The number of esters is 1. The fourth-order valence-corrected chi connectivity index (χ4v) is 2.05. The molecule has 1 aromatic carbocycles. The quantitative estimate of drug-likeness (QED) is 0.796. The van der Waals surface area contributed by atoms with Gasteiger partial charge >= 0.3 is 12.1 Å². The number of rotatable bonds is 4. The van der Waals surface area contributed by atoms with Crippen molar-refractivity contribution in [3.63, 3.8) is 0 Å². The molecule has 0 aromatic heterocycles. The maximum absolute atomic E-state index is 12.3. The lowest BCUT2D eigenvalue weighted by atomic mass is 10.0. The number of amides is 1. The second-order valence-electron chi connectivity index (χ2n) is 4.80. The molecule has 22 heavy (non-hydrogen) atoms. The van der Waals surface area contributed by atoms with Crippen LogP contribution in [0.25, 0.3) is 0 Å². The van der Waals surface area contributed by atoms with Crippen LogP contribution >= 0.6 is 0 Å². The third kappa shape index (κ3) is 3.76. The first-order chi connectivity index (χ1) is 10.3. The lowest BCUT2D eigenvalue weighted by Crippen LogP contribution is -2.55. The molecule has 0 unspecified atom stereocenters. The van der Waals surface area contributed by atoms with E-state index in [1.165, 1.54) is 24.1 Å². The zero-order valence-corrected chi connectivity index (χ0v) is 11.7. The fraction of sp³-hybridized carbons (Fsp3) is 0.429. The topological polar surface area (TPSA) is 55.8 Å². The van der Waals surface area contributed by atoms with Crippen LogP contribution in [0.3, 0.4) is 0 Å². The van der Waals surface area contributed by atoms with E-state index in [9.17, 15) is 22.8 Å². The first kappa shape index (κ1) is 16.3. The van der Waals surface area contributed by atoms with E-state index in [0.29, 0.717) is 0 Å². The van der Waals surface area contributed by atoms with E-state index in [0.717, 1.165) is 0 Å². The first-order valence-electron chi connectivity index (χ1n) is 6.47. The van der Waals surface area contributed by atoms with Crippen molar-refractivity contribution in [2.75, 3.05) is 26.8 Å². The highest BCUT2D eigenvalue weighted by Crippen LogP contribution is 2.22. The van der Waals surface area contributed by atoms with E-state index in [4.69, 9.17) is 0 Å². The van der Waals surface area contributed by atoms with Crippen molar-refractivity contribution in [2.24, 2.45) is 0 Å². The Morgan fingerprint density at radius 3 is 2.36 bits per heavy atom. The molecule has 2 rings (SSSR count). The van der Waals surface area contributed by atoms with Gasteiger partial charge in [-0.05, 0) is 12.1 Å². The van der Waals surface area contributed by atoms with Gasteiger partial charge < -0.3 is 14.4 Å². The van der Waals surface area contributed by atoms with E-state index in [-0.39, 0.29) is 24.2 Å². The average Bonchev–Trinajstić information content (AvgIpc) is 2.43. The number of methoxy groups -OCH3 is 1. The second kappa shape index (κ2) is 6.35. The maximum Gasteiger partial charge on any atom is 0.411 e. The van der Waals surface area contributed by atoms with Gasteiger partial charge in [0, 0.05) is 13.1 Å². The Kier molecular flexibility index (Phi) is 4.70. The zero-order valence-electron chi connectivity index (χ0n) is 11.7. The summed E-state index contributed by atoms with van der Waals surface area (Å²) in [5, 5.41) is 0. The van der Waals surface area contributed by atoms with Crippen molar-refractivity contribution in [1.82, 2.24) is 4.90 Å². The van der Waals surface area contributed by atoms with Crippen LogP contribution in [0.1, 0.15) is 20.7 Å². The Balaban J connectivity index is 1.96. The molecule has 0 atom stereocenters. The van der Waals surface area contributed by atoms with Gasteiger partial charge in [0.15, 0.2) is 0 Å². The highest BCUT2D eigenvalue weighted by Gasteiger charge is 2.36. The number of nitrogens with zero attached hydrogens (tertiary/aromatic N) is 1. The highest BCUT2D eigenvalue weighted by atomic mass is 19.4. The lowest BCUT2D eigenvalue weighted by Gasteiger charge is -2.39. The molecule has 1 aliphatic heterocycles. The molecular weight excluding hydrogens is 303 g/mol. The Hall–Kier alpha value is -2.09. The van der Waals surface area contributed by atoms with E-state index in [2.05, 4.69) is 9.47 Å². The molecule has 1 aliphatic rings. The summed E-state index contributed by atoms with van der Waals surface area (Å²) >= 11 is 0. The summed E-state index contributed by atoms with van der Waals surface area (Å²) in [6.07, 6.45) is -5.03. The summed E-state index contributed by atoms with van der Waals surface area (Å²) in [6, 6.07) is 6.11. The van der Waals surface area contributed by atoms with Gasteiger partial charge in [-0.25, -0.2) is 4.79 Å². The molecule has 0 aliphatic carbocycles. The summed E-state index contributed by atoms with van der Waals surface area (Å²) in [5.74, 6) is -1.08. The Morgan fingerprint density at radius 1 is 1.23 bits per heavy atom. The van der Waals surface area contributed by atoms with Crippen molar-refractivity contribution in [3.8, 4) is 0 Å². The minimum absolute atomic E-state index is 0.0599. The van der Waals surface area contributed by atoms with Gasteiger partial charge in [0.05, 0.1) is 24.3 Å². The van der Waals surface area contributed by atoms with E-state index in [1.807, 2.05) is 0 Å². The van der Waals surface area contributed by atoms with Crippen LogP contribution < -0.4 is 0 Å². The second-order valence-corrected chi connectivity index (χ2v) is 4.80. The van der Waals surface area contributed by atoms with Crippen molar-refractivity contribution < 1.29 is 32.2 Å². The maximum atomic E-state index is 12.3. The molecule has 1 saturated heterocycles. The average molecular weight is 317 g/mol. The first-order valence-corrected chi connectivity index (χ1v) is 6.47. The molecule has 8 heteroatoms. The Bertz CT molecular complexity index is 567. The van der Waals surface area contributed by atoms with Crippen molar-refractivity contribution in [2.45, 2.75) is 12.3 Å². The Labute approximate surface area is 124 Å². The van der Waals surface area contributed by atoms with Gasteiger partial charge in [-0.15, -0.1) is 0 Å². The number of carbonyl (C=O) groups excluding carboxylic acids is 2. The molecule has 0 radical (unpaired) electrons. The zero-order chi connectivity index (χ0) is 16.3. The van der Waals surface area contributed by atoms with Crippen LogP contribution in [-0.2, 0) is 9.47 Å². The number of benzene rings is 1. The van der Waals surface area contributed by atoms with Gasteiger partial charge in [0.1, 0.15) is 6.61 Å². The minimum atomic E-state index is -4.39. The van der Waals surface area contributed by atoms with Crippen LogP contribution in [0.15, 0.2) is 24.3 Å². The molecule has 1 heterocycles. The molecule has 0 spiro atoms. The fourth-order valence-electron chi connectivity index (χ4n) is 2.05. The van der Waals surface area contributed by atoms with Crippen molar-refractivity contribution in [1.29, 1.82) is 0 Å². The molecule has 0 N–H and O–H groups in total.